The molecule has 3 rings (SSSR count). The zero-order valence-corrected chi connectivity index (χ0v) is 14.5. The Labute approximate surface area is 146 Å². The number of nitrogens with zero attached hydrogens (tertiary/aromatic N) is 4. The number of aromatic nitrogens is 2. The normalized spacial score (nSPS) is 14.4. The van der Waals surface area contributed by atoms with Gasteiger partial charge >= 0.3 is 6.03 Å². The molecule has 1 aromatic heterocycles. The molecule has 25 heavy (non-hydrogen) atoms. The van der Waals surface area contributed by atoms with Gasteiger partial charge in [0.2, 0.25) is 5.95 Å². The number of rotatable bonds is 5. The van der Waals surface area contributed by atoms with Crippen molar-refractivity contribution in [1.29, 1.82) is 0 Å². The third kappa shape index (κ3) is 3.76. The van der Waals surface area contributed by atoms with Crippen molar-refractivity contribution in [2.24, 2.45) is 0 Å². The number of imide groups is 1. The van der Waals surface area contributed by atoms with Gasteiger partial charge in [0.1, 0.15) is 18.9 Å². The van der Waals surface area contributed by atoms with Crippen molar-refractivity contribution in [3.63, 3.8) is 0 Å². The molecule has 1 fully saturated rings. The zero-order chi connectivity index (χ0) is 18.0. The van der Waals surface area contributed by atoms with Crippen LogP contribution in [0.5, 0.6) is 5.75 Å². The molecule has 1 saturated heterocycles. The molecule has 2 aromatic rings. The Hall–Kier alpha value is -2.96. The van der Waals surface area contributed by atoms with E-state index in [-0.39, 0.29) is 31.6 Å². The van der Waals surface area contributed by atoms with Gasteiger partial charge in [-0.15, -0.1) is 0 Å². The molecule has 0 unspecified atom stereocenters. The van der Waals surface area contributed by atoms with Crippen LogP contribution in [0.3, 0.4) is 0 Å². The quantitative estimate of drug-likeness (QED) is 0.780. The molecule has 0 atom stereocenters. The number of urea groups is 1. The number of benzene rings is 1. The minimum Gasteiger partial charge on any atom is -0.492 e. The number of hydrogen-bond donors (Lipinski definition) is 0. The van der Waals surface area contributed by atoms with Crippen LogP contribution in [0.4, 0.5) is 10.7 Å². The van der Waals surface area contributed by atoms with Gasteiger partial charge in [0, 0.05) is 11.4 Å². The second-order valence-corrected chi connectivity index (χ2v) is 6.03. The highest BCUT2D eigenvalue weighted by atomic mass is 16.5. The molecule has 1 aromatic carbocycles. The summed E-state index contributed by atoms with van der Waals surface area (Å²) in [4.78, 5) is 35.7. The van der Waals surface area contributed by atoms with Gasteiger partial charge < -0.3 is 4.74 Å². The van der Waals surface area contributed by atoms with Gasteiger partial charge in [0.15, 0.2) is 0 Å². The van der Waals surface area contributed by atoms with E-state index in [2.05, 4.69) is 9.97 Å². The maximum absolute atomic E-state index is 12.5. The summed E-state index contributed by atoms with van der Waals surface area (Å²) >= 11 is 0. The number of anilines is 1. The third-order valence-corrected chi connectivity index (χ3v) is 3.87. The minimum absolute atomic E-state index is 0.0493. The molecule has 0 aliphatic carbocycles. The molecule has 0 spiro atoms. The predicted octanol–water partition coefficient (Wildman–Crippen LogP) is 2.25. The van der Waals surface area contributed by atoms with E-state index in [1.54, 1.807) is 0 Å². The summed E-state index contributed by atoms with van der Waals surface area (Å²) in [6.07, 6.45) is 0. The molecular weight excluding hydrogens is 320 g/mol. The molecule has 0 saturated carbocycles. The Morgan fingerprint density at radius 3 is 2.32 bits per heavy atom. The smallest absolute Gasteiger partial charge is 0.334 e. The Morgan fingerprint density at radius 1 is 1.04 bits per heavy atom. The monoisotopic (exact) mass is 340 g/mol. The van der Waals surface area contributed by atoms with Crippen molar-refractivity contribution in [1.82, 2.24) is 14.9 Å². The highest BCUT2D eigenvalue weighted by Gasteiger charge is 2.38. The fourth-order valence-corrected chi connectivity index (χ4v) is 2.63. The van der Waals surface area contributed by atoms with Gasteiger partial charge in [-0.2, -0.15) is 0 Å². The molecule has 0 bridgehead atoms. The van der Waals surface area contributed by atoms with Gasteiger partial charge in [-0.1, -0.05) is 17.7 Å². The minimum atomic E-state index is -0.414. The van der Waals surface area contributed by atoms with Crippen molar-refractivity contribution >= 4 is 17.9 Å². The molecule has 0 N–H and O–H groups in total. The Morgan fingerprint density at radius 2 is 1.68 bits per heavy atom. The van der Waals surface area contributed by atoms with Crippen LogP contribution < -0.4 is 9.64 Å². The molecule has 2 heterocycles. The van der Waals surface area contributed by atoms with E-state index in [9.17, 15) is 9.59 Å². The molecule has 3 amide bonds. The van der Waals surface area contributed by atoms with Crippen LogP contribution in [-0.2, 0) is 4.79 Å². The second-order valence-electron chi connectivity index (χ2n) is 6.03. The van der Waals surface area contributed by atoms with E-state index in [1.807, 2.05) is 51.1 Å². The first-order chi connectivity index (χ1) is 11.9. The Balaban J connectivity index is 1.64. The fraction of sp³-hybridized carbons (Fsp3) is 0.333. The lowest BCUT2D eigenvalue weighted by molar-refractivity contribution is -0.125. The van der Waals surface area contributed by atoms with Crippen molar-refractivity contribution in [2.45, 2.75) is 20.8 Å². The van der Waals surface area contributed by atoms with E-state index < -0.39 is 6.03 Å². The standard InChI is InChI=1S/C18H20N4O3/c1-12-4-6-15(7-5-12)25-9-8-21-16(23)11-22(18(21)24)17-19-13(2)10-14(3)20-17/h4-7,10H,8-9,11H2,1-3H3. The number of hydrogen-bond acceptors (Lipinski definition) is 5. The average Bonchev–Trinajstić information content (AvgIpc) is 2.84. The lowest BCUT2D eigenvalue weighted by Crippen LogP contribution is -2.36. The Kier molecular flexibility index (Phi) is 4.65. The molecule has 1 aliphatic heterocycles. The summed E-state index contributed by atoms with van der Waals surface area (Å²) in [5, 5.41) is 0. The first-order valence-electron chi connectivity index (χ1n) is 8.07. The number of aryl methyl sites for hydroxylation is 3. The molecule has 1 aliphatic rings. The molecule has 130 valence electrons. The van der Waals surface area contributed by atoms with Gasteiger partial charge in [-0.3, -0.25) is 14.6 Å². The van der Waals surface area contributed by atoms with Crippen molar-refractivity contribution in [3.05, 3.63) is 47.3 Å². The third-order valence-electron chi connectivity index (χ3n) is 3.87. The molecular formula is C18H20N4O3. The van der Waals surface area contributed by atoms with E-state index in [0.717, 1.165) is 17.0 Å². The second kappa shape index (κ2) is 6.88. The average molecular weight is 340 g/mol. The van der Waals surface area contributed by atoms with E-state index in [0.29, 0.717) is 5.75 Å². The van der Waals surface area contributed by atoms with Gasteiger partial charge in [0.05, 0.1) is 6.54 Å². The predicted molar refractivity (Wildman–Crippen MR) is 92.6 cm³/mol. The molecule has 0 radical (unpaired) electrons. The topological polar surface area (TPSA) is 75.6 Å². The van der Waals surface area contributed by atoms with Crippen LogP contribution in [0, 0.1) is 20.8 Å². The summed E-state index contributed by atoms with van der Waals surface area (Å²) in [5.41, 5.74) is 2.65. The SMILES string of the molecule is Cc1ccc(OCCN2C(=O)CN(c3nc(C)cc(C)n3)C2=O)cc1. The summed E-state index contributed by atoms with van der Waals surface area (Å²) in [5.74, 6) is 0.692. The number of ether oxygens (including phenoxy) is 1. The van der Waals surface area contributed by atoms with Crippen LogP contribution in [0.2, 0.25) is 0 Å². The zero-order valence-electron chi connectivity index (χ0n) is 14.5. The van der Waals surface area contributed by atoms with Crippen LogP contribution in [-0.4, -0.2) is 46.5 Å². The lowest BCUT2D eigenvalue weighted by atomic mass is 10.2. The maximum Gasteiger partial charge on any atom is 0.334 e. The van der Waals surface area contributed by atoms with Crippen LogP contribution in [0.25, 0.3) is 0 Å². The highest BCUT2D eigenvalue weighted by Crippen LogP contribution is 2.18. The highest BCUT2D eigenvalue weighted by molar-refractivity contribution is 6.11. The number of carbonyl (C=O) groups excluding carboxylic acids is 2. The van der Waals surface area contributed by atoms with Crippen LogP contribution >= 0.6 is 0 Å². The first kappa shape index (κ1) is 16.9. The fourth-order valence-electron chi connectivity index (χ4n) is 2.63. The molecule has 7 heteroatoms. The maximum atomic E-state index is 12.5. The van der Waals surface area contributed by atoms with Gasteiger partial charge in [0.25, 0.3) is 5.91 Å². The van der Waals surface area contributed by atoms with E-state index in [4.69, 9.17) is 4.74 Å². The Bertz CT molecular complexity index is 784. The van der Waals surface area contributed by atoms with Crippen molar-refractivity contribution in [2.75, 3.05) is 24.6 Å². The van der Waals surface area contributed by atoms with Gasteiger partial charge in [-0.25, -0.2) is 14.8 Å². The first-order valence-corrected chi connectivity index (χ1v) is 8.07. The summed E-state index contributed by atoms with van der Waals surface area (Å²) < 4.78 is 5.60. The molecule has 7 nitrogen and oxygen atoms in total. The summed E-state index contributed by atoms with van der Waals surface area (Å²) in [6.45, 7) is 6.03. The number of amides is 3. The largest absolute Gasteiger partial charge is 0.492 e. The van der Waals surface area contributed by atoms with E-state index >= 15 is 0 Å². The van der Waals surface area contributed by atoms with Gasteiger partial charge in [-0.05, 0) is 39.0 Å². The lowest BCUT2D eigenvalue weighted by Gasteiger charge is -2.16. The van der Waals surface area contributed by atoms with Crippen molar-refractivity contribution < 1.29 is 14.3 Å². The van der Waals surface area contributed by atoms with Crippen LogP contribution in [0.15, 0.2) is 30.3 Å². The van der Waals surface area contributed by atoms with Crippen molar-refractivity contribution in [3.8, 4) is 5.75 Å². The summed E-state index contributed by atoms with van der Waals surface area (Å²) in [6, 6.07) is 9.01. The van der Waals surface area contributed by atoms with Crippen LogP contribution in [0.1, 0.15) is 17.0 Å². The summed E-state index contributed by atoms with van der Waals surface area (Å²) in [7, 11) is 0. The number of carbonyl (C=O) groups is 2. The van der Waals surface area contributed by atoms with E-state index in [1.165, 1.54) is 9.80 Å².